The number of hydrogen-bond acceptors (Lipinski definition) is 3. The molecule has 1 aliphatic heterocycles. The Kier molecular flexibility index (Phi) is 3.52. The van der Waals surface area contributed by atoms with Crippen molar-refractivity contribution in [2.24, 2.45) is 0 Å². The Labute approximate surface area is 104 Å². The number of aryl methyl sites for hydroxylation is 1. The third kappa shape index (κ3) is 2.10. The van der Waals surface area contributed by atoms with E-state index < -0.39 is 0 Å². The van der Waals surface area contributed by atoms with Crippen LogP contribution in [0.3, 0.4) is 0 Å². The van der Waals surface area contributed by atoms with Gasteiger partial charge in [-0.05, 0) is 31.0 Å². The van der Waals surface area contributed by atoms with E-state index in [1.54, 1.807) is 6.07 Å². The highest BCUT2D eigenvalue weighted by atomic mass is 79.9. The summed E-state index contributed by atoms with van der Waals surface area (Å²) in [4.78, 5) is 0. The summed E-state index contributed by atoms with van der Waals surface area (Å²) in [6.45, 7) is 6.18. The summed E-state index contributed by atoms with van der Waals surface area (Å²) in [6.07, 6.45) is 0. The zero-order valence-corrected chi connectivity index (χ0v) is 11.1. The Morgan fingerprint density at radius 3 is 2.88 bits per heavy atom. The number of hydrogen-bond donors (Lipinski definition) is 2. The Morgan fingerprint density at radius 1 is 1.50 bits per heavy atom. The van der Waals surface area contributed by atoms with Crippen molar-refractivity contribution in [3.63, 3.8) is 0 Å². The largest absolute Gasteiger partial charge is 0.508 e. The fourth-order valence-corrected chi connectivity index (χ4v) is 2.47. The maximum absolute atomic E-state index is 10.0. The first-order chi connectivity index (χ1) is 7.61. The number of phenolic OH excluding ortho intramolecular Hbond substituents is 1. The first kappa shape index (κ1) is 11.9. The van der Waals surface area contributed by atoms with E-state index in [4.69, 9.17) is 4.74 Å². The van der Waals surface area contributed by atoms with Gasteiger partial charge in [-0.2, -0.15) is 0 Å². The molecule has 2 N–H and O–H groups in total. The quantitative estimate of drug-likeness (QED) is 0.833. The Bertz CT molecular complexity index is 400. The number of morpholine rings is 1. The molecule has 0 unspecified atom stereocenters. The number of ether oxygens (including phenoxy) is 1. The van der Waals surface area contributed by atoms with Crippen LogP contribution in [-0.2, 0) is 4.74 Å². The molecular weight excluding hydrogens is 270 g/mol. The van der Waals surface area contributed by atoms with Crippen molar-refractivity contribution in [3.05, 3.63) is 27.2 Å². The van der Waals surface area contributed by atoms with Crippen molar-refractivity contribution in [2.75, 3.05) is 19.8 Å². The van der Waals surface area contributed by atoms with E-state index in [1.165, 1.54) is 0 Å². The van der Waals surface area contributed by atoms with E-state index >= 15 is 0 Å². The lowest BCUT2D eigenvalue weighted by Gasteiger charge is -2.27. The average Bonchev–Trinajstić information content (AvgIpc) is 2.28. The molecule has 1 atom stereocenters. The van der Waals surface area contributed by atoms with E-state index in [0.717, 1.165) is 34.3 Å². The lowest BCUT2D eigenvalue weighted by Crippen LogP contribution is -2.35. The summed E-state index contributed by atoms with van der Waals surface area (Å²) in [7, 11) is 0. The van der Waals surface area contributed by atoms with E-state index in [0.29, 0.717) is 12.4 Å². The highest BCUT2D eigenvalue weighted by molar-refractivity contribution is 9.10. The molecule has 1 aliphatic rings. The van der Waals surface area contributed by atoms with Gasteiger partial charge in [-0.3, -0.25) is 0 Å². The Morgan fingerprint density at radius 2 is 2.25 bits per heavy atom. The molecule has 0 aromatic heterocycles. The molecule has 0 amide bonds. The van der Waals surface area contributed by atoms with Gasteiger partial charge >= 0.3 is 0 Å². The fourth-order valence-electron chi connectivity index (χ4n) is 2.14. The van der Waals surface area contributed by atoms with Gasteiger partial charge in [0, 0.05) is 16.6 Å². The van der Waals surface area contributed by atoms with Crippen LogP contribution in [0.25, 0.3) is 0 Å². The van der Waals surface area contributed by atoms with Crippen LogP contribution in [-0.4, -0.2) is 24.9 Å². The van der Waals surface area contributed by atoms with Crippen LogP contribution in [0, 0.1) is 13.8 Å². The second-order valence-electron chi connectivity index (χ2n) is 4.15. The van der Waals surface area contributed by atoms with E-state index in [9.17, 15) is 5.11 Å². The van der Waals surface area contributed by atoms with Gasteiger partial charge in [0.25, 0.3) is 0 Å². The number of aromatic hydroxyl groups is 1. The van der Waals surface area contributed by atoms with E-state index in [2.05, 4.69) is 21.2 Å². The summed E-state index contributed by atoms with van der Waals surface area (Å²) < 4.78 is 6.49. The standard InChI is InChI=1S/C12H16BrNO2/c1-7-5-10(15)11(8(2)12(7)13)9-6-16-4-3-14-9/h5,9,14-15H,3-4,6H2,1-2H3/t9-/m0/s1. The third-order valence-electron chi connectivity index (χ3n) is 2.98. The molecule has 0 bridgehead atoms. The normalized spacial score (nSPS) is 21.1. The van der Waals surface area contributed by atoms with Crippen molar-refractivity contribution in [2.45, 2.75) is 19.9 Å². The van der Waals surface area contributed by atoms with Gasteiger partial charge in [-0.15, -0.1) is 0 Å². The first-order valence-corrected chi connectivity index (χ1v) is 6.20. The number of rotatable bonds is 1. The fraction of sp³-hybridized carbons (Fsp3) is 0.500. The molecule has 88 valence electrons. The van der Waals surface area contributed by atoms with Gasteiger partial charge < -0.3 is 15.2 Å². The van der Waals surface area contributed by atoms with Crippen LogP contribution in [0.4, 0.5) is 0 Å². The van der Waals surface area contributed by atoms with E-state index in [1.807, 2.05) is 13.8 Å². The molecule has 1 saturated heterocycles. The van der Waals surface area contributed by atoms with Crippen LogP contribution in [0.2, 0.25) is 0 Å². The van der Waals surface area contributed by atoms with Gasteiger partial charge in [0.15, 0.2) is 0 Å². The lowest BCUT2D eigenvalue weighted by molar-refractivity contribution is 0.0758. The Balaban J connectivity index is 2.42. The molecule has 1 aromatic rings. The van der Waals surface area contributed by atoms with Crippen molar-refractivity contribution in [1.82, 2.24) is 5.32 Å². The number of nitrogens with one attached hydrogen (secondary N) is 1. The molecule has 1 heterocycles. The molecule has 16 heavy (non-hydrogen) atoms. The Hall–Kier alpha value is -0.580. The van der Waals surface area contributed by atoms with Gasteiger partial charge in [-0.1, -0.05) is 15.9 Å². The summed E-state index contributed by atoms with van der Waals surface area (Å²) in [6, 6.07) is 1.88. The minimum absolute atomic E-state index is 0.0886. The summed E-state index contributed by atoms with van der Waals surface area (Å²) in [5, 5.41) is 13.4. The van der Waals surface area contributed by atoms with Gasteiger partial charge in [0.1, 0.15) is 5.75 Å². The molecule has 0 radical (unpaired) electrons. The number of benzene rings is 1. The van der Waals surface area contributed by atoms with Crippen molar-refractivity contribution >= 4 is 15.9 Å². The molecular formula is C12H16BrNO2. The molecule has 0 spiro atoms. The zero-order chi connectivity index (χ0) is 11.7. The minimum Gasteiger partial charge on any atom is -0.508 e. The van der Waals surface area contributed by atoms with Crippen LogP contribution in [0.1, 0.15) is 22.7 Å². The summed E-state index contributed by atoms with van der Waals surface area (Å²) in [5.74, 6) is 0.348. The van der Waals surface area contributed by atoms with Gasteiger partial charge in [0.2, 0.25) is 0 Å². The van der Waals surface area contributed by atoms with Crippen LogP contribution < -0.4 is 5.32 Å². The van der Waals surface area contributed by atoms with Gasteiger partial charge in [-0.25, -0.2) is 0 Å². The maximum atomic E-state index is 10.0. The zero-order valence-electron chi connectivity index (χ0n) is 9.51. The molecule has 0 saturated carbocycles. The maximum Gasteiger partial charge on any atom is 0.121 e. The molecule has 1 fully saturated rings. The topological polar surface area (TPSA) is 41.5 Å². The van der Waals surface area contributed by atoms with Gasteiger partial charge in [0.05, 0.1) is 19.3 Å². The van der Waals surface area contributed by atoms with Crippen molar-refractivity contribution in [1.29, 1.82) is 0 Å². The van der Waals surface area contributed by atoms with E-state index in [-0.39, 0.29) is 6.04 Å². The SMILES string of the molecule is Cc1cc(O)c([C@@H]2COCCN2)c(C)c1Br. The van der Waals surface area contributed by atoms with Crippen molar-refractivity contribution < 1.29 is 9.84 Å². The summed E-state index contributed by atoms with van der Waals surface area (Å²) >= 11 is 3.55. The lowest BCUT2D eigenvalue weighted by atomic mass is 9.97. The predicted octanol–water partition coefficient (Wildman–Crippen LogP) is 2.43. The summed E-state index contributed by atoms with van der Waals surface area (Å²) in [5.41, 5.74) is 3.08. The molecule has 0 aliphatic carbocycles. The smallest absolute Gasteiger partial charge is 0.121 e. The molecule has 1 aromatic carbocycles. The highest BCUT2D eigenvalue weighted by Crippen LogP contribution is 2.35. The first-order valence-electron chi connectivity index (χ1n) is 5.41. The number of halogens is 1. The molecule has 3 nitrogen and oxygen atoms in total. The average molecular weight is 286 g/mol. The minimum atomic E-state index is 0.0886. The monoisotopic (exact) mass is 285 g/mol. The van der Waals surface area contributed by atoms with Crippen LogP contribution >= 0.6 is 15.9 Å². The number of phenols is 1. The van der Waals surface area contributed by atoms with Crippen molar-refractivity contribution in [3.8, 4) is 5.75 Å². The van der Waals surface area contributed by atoms with Crippen LogP contribution in [0.5, 0.6) is 5.75 Å². The second kappa shape index (κ2) is 4.73. The third-order valence-corrected chi connectivity index (χ3v) is 4.20. The highest BCUT2D eigenvalue weighted by Gasteiger charge is 2.22. The van der Waals surface area contributed by atoms with Crippen LogP contribution in [0.15, 0.2) is 10.5 Å². The predicted molar refractivity (Wildman–Crippen MR) is 66.8 cm³/mol. The molecule has 4 heteroatoms. The second-order valence-corrected chi connectivity index (χ2v) is 4.94. The molecule has 2 rings (SSSR count).